The molecule has 0 aliphatic heterocycles. The third-order valence-electron chi connectivity index (χ3n) is 2.92. The molecule has 0 spiro atoms. The molecule has 1 unspecified atom stereocenters. The van der Waals surface area contributed by atoms with Crippen LogP contribution in [0.25, 0.3) is 0 Å². The van der Waals surface area contributed by atoms with Crippen molar-refractivity contribution in [3.8, 4) is 0 Å². The van der Waals surface area contributed by atoms with Crippen molar-refractivity contribution in [2.24, 2.45) is 5.73 Å². The first-order valence-electron chi connectivity index (χ1n) is 6.27. The summed E-state index contributed by atoms with van der Waals surface area (Å²) in [7, 11) is 2.18. The Balaban J connectivity index is 2.24. The van der Waals surface area contributed by atoms with Crippen LogP contribution in [0.15, 0.2) is 28.7 Å². The molecule has 0 aromatic heterocycles. The molecule has 2 nitrogen and oxygen atoms in total. The monoisotopic (exact) mass is 298 g/mol. The van der Waals surface area contributed by atoms with E-state index in [1.165, 1.54) is 16.5 Å². The van der Waals surface area contributed by atoms with Gasteiger partial charge in [-0.3, -0.25) is 0 Å². The SMILES string of the molecule is CC(N)CCCN(C)CCc1ccccc1Br. The van der Waals surface area contributed by atoms with Gasteiger partial charge < -0.3 is 10.6 Å². The molecule has 1 atom stereocenters. The van der Waals surface area contributed by atoms with Crippen LogP contribution in [0.1, 0.15) is 25.3 Å². The quantitative estimate of drug-likeness (QED) is 0.838. The third-order valence-corrected chi connectivity index (χ3v) is 3.69. The lowest BCUT2D eigenvalue weighted by atomic mass is 10.1. The molecule has 17 heavy (non-hydrogen) atoms. The standard InChI is InChI=1S/C14H23BrN2/c1-12(16)6-5-10-17(2)11-9-13-7-3-4-8-14(13)15/h3-4,7-8,12H,5-6,9-11,16H2,1-2H3. The highest BCUT2D eigenvalue weighted by molar-refractivity contribution is 9.10. The maximum Gasteiger partial charge on any atom is 0.0207 e. The van der Waals surface area contributed by atoms with Gasteiger partial charge in [-0.1, -0.05) is 34.1 Å². The van der Waals surface area contributed by atoms with Gasteiger partial charge in [-0.15, -0.1) is 0 Å². The van der Waals surface area contributed by atoms with Crippen molar-refractivity contribution in [2.45, 2.75) is 32.2 Å². The van der Waals surface area contributed by atoms with E-state index in [2.05, 4.69) is 59.1 Å². The largest absolute Gasteiger partial charge is 0.328 e. The fourth-order valence-electron chi connectivity index (χ4n) is 1.81. The van der Waals surface area contributed by atoms with Gasteiger partial charge in [-0.25, -0.2) is 0 Å². The number of rotatable bonds is 7. The third kappa shape index (κ3) is 6.20. The highest BCUT2D eigenvalue weighted by Crippen LogP contribution is 2.16. The van der Waals surface area contributed by atoms with Crippen LogP contribution in [0.5, 0.6) is 0 Å². The van der Waals surface area contributed by atoms with Crippen molar-refractivity contribution < 1.29 is 0 Å². The van der Waals surface area contributed by atoms with E-state index in [-0.39, 0.29) is 0 Å². The van der Waals surface area contributed by atoms with Crippen LogP contribution in [0.4, 0.5) is 0 Å². The topological polar surface area (TPSA) is 29.3 Å². The zero-order valence-electron chi connectivity index (χ0n) is 10.8. The molecule has 2 N–H and O–H groups in total. The molecule has 0 saturated carbocycles. The Morgan fingerprint density at radius 1 is 1.29 bits per heavy atom. The zero-order chi connectivity index (χ0) is 12.7. The minimum atomic E-state index is 0.326. The van der Waals surface area contributed by atoms with E-state index in [0.29, 0.717) is 6.04 Å². The van der Waals surface area contributed by atoms with Gasteiger partial charge in [0, 0.05) is 17.1 Å². The van der Waals surface area contributed by atoms with Crippen LogP contribution in [0.3, 0.4) is 0 Å². The summed E-state index contributed by atoms with van der Waals surface area (Å²) in [5, 5.41) is 0. The molecule has 1 aromatic rings. The van der Waals surface area contributed by atoms with Crippen molar-refractivity contribution >= 4 is 15.9 Å². The van der Waals surface area contributed by atoms with Gasteiger partial charge in [0.25, 0.3) is 0 Å². The van der Waals surface area contributed by atoms with Gasteiger partial charge in [0.05, 0.1) is 0 Å². The molecule has 0 fully saturated rings. The summed E-state index contributed by atoms with van der Waals surface area (Å²) in [6.07, 6.45) is 3.39. The molecular weight excluding hydrogens is 276 g/mol. The molecule has 0 saturated heterocycles. The minimum Gasteiger partial charge on any atom is -0.328 e. The molecule has 0 heterocycles. The number of hydrogen-bond acceptors (Lipinski definition) is 2. The smallest absolute Gasteiger partial charge is 0.0207 e. The van der Waals surface area contributed by atoms with Crippen LogP contribution >= 0.6 is 15.9 Å². The molecule has 96 valence electrons. The van der Waals surface area contributed by atoms with Crippen molar-refractivity contribution in [3.63, 3.8) is 0 Å². The normalized spacial score (nSPS) is 13.0. The van der Waals surface area contributed by atoms with Crippen LogP contribution in [0, 0.1) is 0 Å². The first-order valence-corrected chi connectivity index (χ1v) is 7.06. The number of nitrogens with zero attached hydrogens (tertiary/aromatic N) is 1. The first kappa shape index (κ1) is 14.7. The van der Waals surface area contributed by atoms with E-state index >= 15 is 0 Å². The predicted molar refractivity (Wildman–Crippen MR) is 78.2 cm³/mol. The second-order valence-corrected chi connectivity index (χ2v) is 5.62. The first-order chi connectivity index (χ1) is 8.09. The summed E-state index contributed by atoms with van der Waals surface area (Å²) >= 11 is 3.58. The Morgan fingerprint density at radius 2 is 2.00 bits per heavy atom. The lowest BCUT2D eigenvalue weighted by Crippen LogP contribution is -2.24. The van der Waals surface area contributed by atoms with E-state index in [0.717, 1.165) is 25.9 Å². The molecule has 1 aromatic carbocycles. The van der Waals surface area contributed by atoms with Crippen molar-refractivity contribution in [1.29, 1.82) is 0 Å². The molecule has 3 heteroatoms. The summed E-state index contributed by atoms with van der Waals surface area (Å²) in [4.78, 5) is 2.38. The average molecular weight is 299 g/mol. The van der Waals surface area contributed by atoms with Crippen molar-refractivity contribution in [1.82, 2.24) is 4.90 Å². The Labute approximate surface area is 113 Å². The number of benzene rings is 1. The van der Waals surface area contributed by atoms with Gasteiger partial charge >= 0.3 is 0 Å². The van der Waals surface area contributed by atoms with Gasteiger partial charge in [0.2, 0.25) is 0 Å². The lowest BCUT2D eigenvalue weighted by molar-refractivity contribution is 0.326. The molecule has 0 aliphatic carbocycles. The zero-order valence-corrected chi connectivity index (χ0v) is 12.4. The Hall–Kier alpha value is -0.380. The number of likely N-dealkylation sites (N-methyl/N-ethyl adjacent to an activating group) is 1. The Bertz CT molecular complexity index is 326. The summed E-state index contributed by atoms with van der Waals surface area (Å²) in [6, 6.07) is 8.76. The summed E-state index contributed by atoms with van der Waals surface area (Å²) in [6.45, 7) is 4.30. The molecule has 0 aliphatic rings. The highest BCUT2D eigenvalue weighted by Gasteiger charge is 2.02. The van der Waals surface area contributed by atoms with Gasteiger partial charge in [0.15, 0.2) is 0 Å². The number of hydrogen-bond donors (Lipinski definition) is 1. The van der Waals surface area contributed by atoms with Gasteiger partial charge in [0.1, 0.15) is 0 Å². The molecule has 0 radical (unpaired) electrons. The predicted octanol–water partition coefficient (Wildman–Crippen LogP) is 3.05. The van der Waals surface area contributed by atoms with Crippen LogP contribution in [-0.4, -0.2) is 31.1 Å². The summed E-state index contributed by atoms with van der Waals surface area (Å²) in [5.41, 5.74) is 7.12. The maximum atomic E-state index is 5.74. The Morgan fingerprint density at radius 3 is 2.65 bits per heavy atom. The summed E-state index contributed by atoms with van der Waals surface area (Å²) < 4.78 is 1.21. The fourth-order valence-corrected chi connectivity index (χ4v) is 2.29. The van der Waals surface area contributed by atoms with E-state index < -0.39 is 0 Å². The van der Waals surface area contributed by atoms with Gasteiger partial charge in [-0.05, 0) is 51.4 Å². The molecule has 1 rings (SSSR count). The lowest BCUT2D eigenvalue weighted by Gasteiger charge is -2.17. The van der Waals surface area contributed by atoms with Crippen LogP contribution in [0.2, 0.25) is 0 Å². The molecular formula is C14H23BrN2. The van der Waals surface area contributed by atoms with E-state index in [9.17, 15) is 0 Å². The number of halogens is 1. The van der Waals surface area contributed by atoms with Crippen LogP contribution < -0.4 is 5.73 Å². The second kappa shape index (κ2) is 7.85. The number of nitrogens with two attached hydrogens (primary N) is 1. The molecule has 0 bridgehead atoms. The van der Waals surface area contributed by atoms with Gasteiger partial charge in [-0.2, -0.15) is 0 Å². The fraction of sp³-hybridized carbons (Fsp3) is 0.571. The van der Waals surface area contributed by atoms with Crippen molar-refractivity contribution in [2.75, 3.05) is 20.1 Å². The van der Waals surface area contributed by atoms with Crippen molar-refractivity contribution in [3.05, 3.63) is 34.3 Å². The van der Waals surface area contributed by atoms with E-state index in [4.69, 9.17) is 5.73 Å². The Kier molecular flexibility index (Phi) is 6.78. The minimum absolute atomic E-state index is 0.326. The highest BCUT2D eigenvalue weighted by atomic mass is 79.9. The average Bonchev–Trinajstić information content (AvgIpc) is 2.27. The maximum absolute atomic E-state index is 5.74. The van der Waals surface area contributed by atoms with E-state index in [1.807, 2.05) is 0 Å². The second-order valence-electron chi connectivity index (χ2n) is 4.76. The molecule has 0 amide bonds. The van der Waals surface area contributed by atoms with Crippen LogP contribution in [-0.2, 0) is 6.42 Å². The summed E-state index contributed by atoms with van der Waals surface area (Å²) in [5.74, 6) is 0. The van der Waals surface area contributed by atoms with E-state index in [1.54, 1.807) is 0 Å².